The van der Waals surface area contributed by atoms with Gasteiger partial charge in [0.2, 0.25) is 0 Å². The minimum absolute atomic E-state index is 0.518. The van der Waals surface area contributed by atoms with E-state index in [0.29, 0.717) is 5.92 Å². The second-order valence-electron chi connectivity index (χ2n) is 4.66. The lowest BCUT2D eigenvalue weighted by atomic mass is 9.91. The summed E-state index contributed by atoms with van der Waals surface area (Å²) in [7, 11) is 0. The normalized spacial score (nSPS) is 19.1. The number of rotatable bonds is 1. The van der Waals surface area contributed by atoms with Gasteiger partial charge in [-0.1, -0.05) is 29.8 Å². The summed E-state index contributed by atoms with van der Waals surface area (Å²) in [5.74, 6) is 1.63. The van der Waals surface area contributed by atoms with Crippen molar-refractivity contribution in [2.24, 2.45) is 0 Å². The molecule has 0 saturated carbocycles. The van der Waals surface area contributed by atoms with Gasteiger partial charge in [0.15, 0.2) is 0 Å². The Bertz CT molecular complexity index is 545. The molecule has 3 rings (SSSR count). The van der Waals surface area contributed by atoms with Gasteiger partial charge in [0.25, 0.3) is 0 Å². The summed E-state index contributed by atoms with van der Waals surface area (Å²) in [6.45, 7) is 3.07. The van der Waals surface area contributed by atoms with Crippen LogP contribution in [0.4, 0.5) is 0 Å². The zero-order valence-corrected chi connectivity index (χ0v) is 10.6. The van der Waals surface area contributed by atoms with Crippen LogP contribution in [-0.4, -0.2) is 9.55 Å². The van der Waals surface area contributed by atoms with Crippen molar-refractivity contribution in [3.8, 4) is 0 Å². The summed E-state index contributed by atoms with van der Waals surface area (Å²) in [6.07, 6.45) is 4.25. The molecule has 2 heterocycles. The van der Waals surface area contributed by atoms with E-state index in [0.717, 1.165) is 30.2 Å². The van der Waals surface area contributed by atoms with Crippen LogP contribution in [0.3, 0.4) is 0 Å². The Labute approximate surface area is 106 Å². The third-order valence-corrected chi connectivity index (χ3v) is 3.98. The van der Waals surface area contributed by atoms with Gasteiger partial charge in [-0.3, -0.25) is 0 Å². The first-order chi connectivity index (χ1) is 8.25. The molecule has 0 N–H and O–H groups in total. The fraction of sp³-hybridized carbons (Fsp3) is 0.357. The van der Waals surface area contributed by atoms with Crippen LogP contribution < -0.4 is 0 Å². The molecule has 1 aromatic heterocycles. The minimum atomic E-state index is 0.518. The van der Waals surface area contributed by atoms with Crippen molar-refractivity contribution < 1.29 is 0 Å². The largest absolute Gasteiger partial charge is 0.332 e. The number of benzene rings is 1. The summed E-state index contributed by atoms with van der Waals surface area (Å²) in [5, 5.41) is 0.888. The van der Waals surface area contributed by atoms with E-state index in [1.165, 1.54) is 11.3 Å². The molecule has 0 bridgehead atoms. The van der Waals surface area contributed by atoms with E-state index in [1.807, 2.05) is 18.3 Å². The Kier molecular flexibility index (Phi) is 2.67. The van der Waals surface area contributed by atoms with E-state index in [4.69, 9.17) is 11.6 Å². The van der Waals surface area contributed by atoms with Gasteiger partial charge in [-0.15, -0.1) is 0 Å². The third-order valence-electron chi connectivity index (χ3n) is 3.63. The van der Waals surface area contributed by atoms with Crippen LogP contribution in [-0.2, 0) is 13.0 Å². The molecular formula is C14H15ClN2. The van der Waals surface area contributed by atoms with Crippen molar-refractivity contribution in [3.05, 3.63) is 52.6 Å². The molecule has 0 spiro atoms. The molecule has 0 saturated heterocycles. The van der Waals surface area contributed by atoms with Crippen molar-refractivity contribution >= 4 is 11.6 Å². The lowest BCUT2D eigenvalue weighted by Gasteiger charge is -2.26. The number of hydrogen-bond donors (Lipinski definition) is 0. The molecule has 88 valence electrons. The van der Waals surface area contributed by atoms with Crippen LogP contribution in [0.5, 0.6) is 0 Å². The Balaban J connectivity index is 1.94. The van der Waals surface area contributed by atoms with Crippen LogP contribution in [0.2, 0.25) is 5.02 Å². The molecule has 1 unspecified atom stereocenters. The van der Waals surface area contributed by atoms with Crippen molar-refractivity contribution in [2.75, 3.05) is 0 Å². The van der Waals surface area contributed by atoms with Crippen LogP contribution in [0.25, 0.3) is 0 Å². The number of nitrogens with zero attached hydrogens (tertiary/aromatic N) is 2. The van der Waals surface area contributed by atoms with Gasteiger partial charge in [-0.05, 0) is 31.4 Å². The number of fused-ring (bicyclic) bond motifs is 1. The summed E-state index contributed by atoms with van der Waals surface area (Å²) < 4.78 is 2.32. The van der Waals surface area contributed by atoms with Gasteiger partial charge in [0, 0.05) is 29.4 Å². The fourth-order valence-corrected chi connectivity index (χ4v) is 2.95. The number of hydrogen-bond acceptors (Lipinski definition) is 1. The van der Waals surface area contributed by atoms with Gasteiger partial charge < -0.3 is 4.57 Å². The van der Waals surface area contributed by atoms with Crippen molar-refractivity contribution in [2.45, 2.75) is 32.2 Å². The van der Waals surface area contributed by atoms with Gasteiger partial charge in [-0.25, -0.2) is 4.98 Å². The van der Waals surface area contributed by atoms with E-state index in [2.05, 4.69) is 28.6 Å². The first kappa shape index (κ1) is 10.8. The van der Waals surface area contributed by atoms with Crippen LogP contribution in [0.15, 0.2) is 30.5 Å². The SMILES string of the molecule is Cc1ncc2n1CC(c1ccccc1Cl)CC2. The Hall–Kier alpha value is -1.28. The highest BCUT2D eigenvalue weighted by Gasteiger charge is 2.22. The Morgan fingerprint density at radius 1 is 1.35 bits per heavy atom. The average molecular weight is 247 g/mol. The quantitative estimate of drug-likeness (QED) is 0.752. The predicted octanol–water partition coefficient (Wildman–Crippen LogP) is 3.57. The first-order valence-electron chi connectivity index (χ1n) is 6.01. The number of aromatic nitrogens is 2. The highest BCUT2D eigenvalue weighted by molar-refractivity contribution is 6.31. The molecule has 0 radical (unpaired) electrons. The summed E-state index contributed by atoms with van der Waals surface area (Å²) in [6, 6.07) is 8.18. The van der Waals surface area contributed by atoms with E-state index >= 15 is 0 Å². The van der Waals surface area contributed by atoms with Crippen molar-refractivity contribution in [1.82, 2.24) is 9.55 Å². The second kappa shape index (κ2) is 4.19. The average Bonchev–Trinajstić information content (AvgIpc) is 2.71. The van der Waals surface area contributed by atoms with E-state index < -0.39 is 0 Å². The Morgan fingerprint density at radius 2 is 2.18 bits per heavy atom. The van der Waals surface area contributed by atoms with E-state index in [1.54, 1.807) is 0 Å². The maximum atomic E-state index is 6.27. The minimum Gasteiger partial charge on any atom is -0.332 e. The molecular weight excluding hydrogens is 232 g/mol. The van der Waals surface area contributed by atoms with Gasteiger partial charge in [-0.2, -0.15) is 0 Å². The zero-order chi connectivity index (χ0) is 11.8. The summed E-state index contributed by atoms with van der Waals surface area (Å²) >= 11 is 6.27. The molecule has 2 nitrogen and oxygen atoms in total. The fourth-order valence-electron chi connectivity index (χ4n) is 2.66. The number of aryl methyl sites for hydroxylation is 2. The third kappa shape index (κ3) is 1.87. The van der Waals surface area contributed by atoms with Crippen LogP contribution in [0, 0.1) is 6.92 Å². The molecule has 0 fully saturated rings. The molecule has 0 amide bonds. The van der Waals surface area contributed by atoms with E-state index in [9.17, 15) is 0 Å². The molecule has 3 heteroatoms. The number of imidazole rings is 1. The maximum Gasteiger partial charge on any atom is 0.105 e. The summed E-state index contributed by atoms with van der Waals surface area (Å²) in [5.41, 5.74) is 2.62. The maximum absolute atomic E-state index is 6.27. The molecule has 1 aliphatic rings. The molecule has 17 heavy (non-hydrogen) atoms. The topological polar surface area (TPSA) is 17.8 Å². The molecule has 2 aromatic rings. The van der Waals surface area contributed by atoms with Gasteiger partial charge in [0.05, 0.1) is 0 Å². The highest BCUT2D eigenvalue weighted by atomic mass is 35.5. The monoisotopic (exact) mass is 246 g/mol. The second-order valence-corrected chi connectivity index (χ2v) is 5.07. The van der Waals surface area contributed by atoms with E-state index in [-0.39, 0.29) is 0 Å². The van der Waals surface area contributed by atoms with Crippen LogP contribution in [0.1, 0.15) is 29.4 Å². The van der Waals surface area contributed by atoms with Crippen molar-refractivity contribution in [1.29, 1.82) is 0 Å². The van der Waals surface area contributed by atoms with Gasteiger partial charge in [0.1, 0.15) is 5.82 Å². The van der Waals surface area contributed by atoms with Gasteiger partial charge >= 0.3 is 0 Å². The lowest BCUT2D eigenvalue weighted by molar-refractivity contribution is 0.456. The first-order valence-corrected chi connectivity index (χ1v) is 6.39. The molecule has 1 atom stereocenters. The smallest absolute Gasteiger partial charge is 0.105 e. The number of halogens is 1. The lowest BCUT2D eigenvalue weighted by Crippen LogP contribution is -2.19. The summed E-state index contributed by atoms with van der Waals surface area (Å²) in [4.78, 5) is 4.38. The zero-order valence-electron chi connectivity index (χ0n) is 9.86. The predicted molar refractivity (Wildman–Crippen MR) is 69.5 cm³/mol. The van der Waals surface area contributed by atoms with Crippen molar-refractivity contribution in [3.63, 3.8) is 0 Å². The van der Waals surface area contributed by atoms with Crippen LogP contribution >= 0.6 is 11.6 Å². The standard InChI is InChI=1S/C14H15ClN2/c1-10-16-8-12-7-6-11(9-17(10)12)13-4-2-3-5-14(13)15/h2-5,8,11H,6-7,9H2,1H3. The highest BCUT2D eigenvalue weighted by Crippen LogP contribution is 2.33. The Morgan fingerprint density at radius 3 is 3.00 bits per heavy atom. The molecule has 1 aromatic carbocycles. The molecule has 1 aliphatic heterocycles. The molecule has 0 aliphatic carbocycles.